The van der Waals surface area contributed by atoms with Crippen LogP contribution < -0.4 is 15.0 Å². The lowest BCUT2D eigenvalue weighted by molar-refractivity contribution is -0.238. The van der Waals surface area contributed by atoms with E-state index in [1.165, 1.54) is 0 Å². The van der Waals surface area contributed by atoms with E-state index in [-0.39, 0.29) is 32.0 Å². The summed E-state index contributed by atoms with van der Waals surface area (Å²) in [5, 5.41) is 13.2. The van der Waals surface area contributed by atoms with Gasteiger partial charge < -0.3 is 48.3 Å². The summed E-state index contributed by atoms with van der Waals surface area (Å²) in [6, 6.07) is 11.0. The van der Waals surface area contributed by atoms with Gasteiger partial charge in [0.15, 0.2) is 23.5 Å². The molecule has 0 saturated carbocycles. The van der Waals surface area contributed by atoms with Crippen LogP contribution >= 0.6 is 0 Å². The molecule has 6 rings (SSSR count). The molecule has 0 bridgehead atoms. The molecule has 2 fully saturated rings. The molecule has 2 unspecified atom stereocenters. The Morgan fingerprint density at radius 2 is 1.79 bits per heavy atom. The van der Waals surface area contributed by atoms with E-state index in [0.717, 1.165) is 5.39 Å². The number of anilines is 1. The van der Waals surface area contributed by atoms with Crippen LogP contribution in [-0.2, 0) is 28.5 Å². The molecule has 17 nitrogen and oxygen atoms in total. The van der Waals surface area contributed by atoms with Crippen molar-refractivity contribution in [3.8, 4) is 17.1 Å². The molecule has 2 aliphatic rings. The maximum absolute atomic E-state index is 13.2. The molecule has 1 aromatic carbocycles. The first kappa shape index (κ1) is 42.7. The summed E-state index contributed by atoms with van der Waals surface area (Å²) < 4.78 is 34.5. The second-order valence-corrected chi connectivity index (χ2v) is 15.2. The number of benzene rings is 1. The SMILES string of the molecule is CCC(CO)OC(COC(=O)CCCC(=O)NCCN1CCN(C(=O)Oc2cccc(-c3nc(N4CCOCC4)c4oc5ncccc5c4n3)c2)CC1)OC(C)(C)C. The van der Waals surface area contributed by atoms with Gasteiger partial charge in [-0.2, -0.15) is 0 Å². The summed E-state index contributed by atoms with van der Waals surface area (Å²) >= 11 is 0. The molecule has 4 aromatic rings. The predicted octanol–water partition coefficient (Wildman–Crippen LogP) is 4.15. The van der Waals surface area contributed by atoms with Gasteiger partial charge in [-0.3, -0.25) is 14.5 Å². The number of ether oxygens (including phenoxy) is 5. The zero-order valence-corrected chi connectivity index (χ0v) is 33.8. The van der Waals surface area contributed by atoms with Crippen molar-refractivity contribution < 1.29 is 47.6 Å². The number of hydrogen-bond acceptors (Lipinski definition) is 15. The number of rotatable bonds is 17. The number of aliphatic hydroxyl groups is 1. The number of aliphatic hydroxyl groups excluding tert-OH is 1. The Morgan fingerprint density at radius 3 is 2.53 bits per heavy atom. The van der Waals surface area contributed by atoms with E-state index in [1.54, 1.807) is 23.2 Å². The number of carbonyl (C=O) groups is 3. The summed E-state index contributed by atoms with van der Waals surface area (Å²) in [5.74, 6) is 0.922. The van der Waals surface area contributed by atoms with E-state index < -0.39 is 30.1 Å². The fraction of sp³-hybridized carbons (Fsp3) is 0.561. The van der Waals surface area contributed by atoms with E-state index in [1.807, 2.05) is 52.0 Å². The van der Waals surface area contributed by atoms with Gasteiger partial charge in [-0.05, 0) is 57.9 Å². The van der Waals surface area contributed by atoms with Crippen LogP contribution in [0.3, 0.4) is 0 Å². The number of piperazine rings is 1. The number of esters is 1. The largest absolute Gasteiger partial charge is 0.460 e. The third-order valence-corrected chi connectivity index (χ3v) is 9.71. The molecule has 314 valence electrons. The smallest absolute Gasteiger partial charge is 0.415 e. The lowest BCUT2D eigenvalue weighted by Gasteiger charge is -2.34. The first-order valence-electron chi connectivity index (χ1n) is 20.0. The molecule has 2 aliphatic heterocycles. The number of hydrogen-bond donors (Lipinski definition) is 2. The van der Waals surface area contributed by atoms with Gasteiger partial charge in [-0.1, -0.05) is 19.1 Å². The topological polar surface area (TPSA) is 191 Å². The van der Waals surface area contributed by atoms with Crippen molar-refractivity contribution in [2.24, 2.45) is 0 Å². The number of nitrogens with zero attached hydrogens (tertiary/aromatic N) is 6. The Morgan fingerprint density at radius 1 is 1.00 bits per heavy atom. The van der Waals surface area contributed by atoms with E-state index >= 15 is 0 Å². The Bertz CT molecular complexity index is 1980. The zero-order valence-electron chi connectivity index (χ0n) is 33.8. The van der Waals surface area contributed by atoms with E-state index in [9.17, 15) is 19.5 Å². The van der Waals surface area contributed by atoms with Crippen molar-refractivity contribution in [3.63, 3.8) is 0 Å². The highest BCUT2D eigenvalue weighted by Gasteiger charge is 2.26. The molecule has 2 N–H and O–H groups in total. The highest BCUT2D eigenvalue weighted by atomic mass is 16.7. The predicted molar refractivity (Wildman–Crippen MR) is 214 cm³/mol. The van der Waals surface area contributed by atoms with Crippen molar-refractivity contribution in [3.05, 3.63) is 42.6 Å². The molecule has 5 heterocycles. The minimum Gasteiger partial charge on any atom is -0.460 e. The number of nitrogens with one attached hydrogen (secondary N) is 1. The van der Waals surface area contributed by atoms with Gasteiger partial charge in [0.05, 0.1) is 36.9 Å². The number of aromatic nitrogens is 3. The lowest BCUT2D eigenvalue weighted by atomic mass is 10.2. The lowest BCUT2D eigenvalue weighted by Crippen LogP contribution is -2.51. The minimum absolute atomic E-state index is 0.0786. The third-order valence-electron chi connectivity index (χ3n) is 9.71. The molecular weight excluding hydrogens is 750 g/mol. The maximum Gasteiger partial charge on any atom is 0.415 e. The standard InChI is InChI=1S/C41H55N7O10/c1-5-29(26-49)55-34(58-41(2,3)4)27-54-33(51)13-7-12-32(50)42-15-16-46-17-19-48(20-18-46)40(52)56-30-10-6-9-28(25-30)37-44-35-31-11-8-14-43-39(31)57-36(35)38(45-37)47-21-23-53-24-22-47/h6,8-11,14,25,29,34,49H,5,7,12-13,15-24,26-27H2,1-4H3,(H,42,50). The first-order valence-corrected chi connectivity index (χ1v) is 20.0. The van der Waals surface area contributed by atoms with Gasteiger partial charge in [-0.15, -0.1) is 0 Å². The number of morpholine rings is 1. The van der Waals surface area contributed by atoms with Crippen LogP contribution in [0.5, 0.6) is 5.75 Å². The monoisotopic (exact) mass is 805 g/mol. The fourth-order valence-corrected chi connectivity index (χ4v) is 6.65. The molecule has 0 spiro atoms. The summed E-state index contributed by atoms with van der Waals surface area (Å²) in [5.41, 5.74) is 1.88. The van der Waals surface area contributed by atoms with Crippen molar-refractivity contribution in [2.75, 3.05) is 83.7 Å². The van der Waals surface area contributed by atoms with Crippen molar-refractivity contribution in [1.29, 1.82) is 0 Å². The van der Waals surface area contributed by atoms with Gasteiger partial charge in [-0.25, -0.2) is 19.7 Å². The molecule has 2 amide bonds. The van der Waals surface area contributed by atoms with E-state index in [2.05, 4.69) is 20.1 Å². The van der Waals surface area contributed by atoms with Crippen LogP contribution in [0, 0.1) is 0 Å². The van der Waals surface area contributed by atoms with Crippen LogP contribution in [0.25, 0.3) is 33.6 Å². The van der Waals surface area contributed by atoms with Crippen LogP contribution in [0.2, 0.25) is 0 Å². The summed E-state index contributed by atoms with van der Waals surface area (Å²) in [6.45, 7) is 13.0. The Balaban J connectivity index is 0.924. The average Bonchev–Trinajstić information content (AvgIpc) is 3.60. The summed E-state index contributed by atoms with van der Waals surface area (Å²) in [6.07, 6.45) is 1.19. The van der Waals surface area contributed by atoms with Crippen molar-refractivity contribution in [1.82, 2.24) is 30.1 Å². The molecule has 0 aliphatic carbocycles. The molecular formula is C41H55N7O10. The number of carbonyl (C=O) groups excluding carboxylic acids is 3. The van der Waals surface area contributed by atoms with Gasteiger partial charge in [0, 0.05) is 77.0 Å². The van der Waals surface area contributed by atoms with Crippen molar-refractivity contribution in [2.45, 2.75) is 71.4 Å². The Labute approximate surface area is 337 Å². The maximum atomic E-state index is 13.2. The van der Waals surface area contributed by atoms with Crippen molar-refractivity contribution >= 4 is 46.0 Å². The van der Waals surface area contributed by atoms with E-state index in [0.29, 0.717) is 118 Å². The fourth-order valence-electron chi connectivity index (χ4n) is 6.65. The summed E-state index contributed by atoms with van der Waals surface area (Å²) in [7, 11) is 0. The van der Waals surface area contributed by atoms with Gasteiger partial charge in [0.2, 0.25) is 11.6 Å². The number of fused-ring (bicyclic) bond motifs is 3. The van der Waals surface area contributed by atoms with E-state index in [4.69, 9.17) is 38.1 Å². The highest BCUT2D eigenvalue weighted by molar-refractivity contribution is 6.05. The average molecular weight is 806 g/mol. The third kappa shape index (κ3) is 11.8. The normalized spacial score (nSPS) is 16.4. The van der Waals surface area contributed by atoms with Crippen LogP contribution in [0.1, 0.15) is 53.4 Å². The second kappa shape index (κ2) is 20.2. The quantitative estimate of drug-likeness (QED) is 0.114. The molecule has 2 atom stereocenters. The molecule has 17 heteroatoms. The zero-order chi connectivity index (χ0) is 41.1. The Kier molecular flexibility index (Phi) is 14.8. The van der Waals surface area contributed by atoms with Crippen LogP contribution in [-0.4, -0.2) is 145 Å². The number of pyridine rings is 1. The first-order chi connectivity index (χ1) is 28.0. The minimum atomic E-state index is -0.810. The molecule has 58 heavy (non-hydrogen) atoms. The number of furan rings is 1. The highest BCUT2D eigenvalue weighted by Crippen LogP contribution is 2.35. The molecule has 0 radical (unpaired) electrons. The van der Waals surface area contributed by atoms with Crippen LogP contribution in [0.15, 0.2) is 47.0 Å². The summed E-state index contributed by atoms with van der Waals surface area (Å²) in [4.78, 5) is 58.2. The van der Waals surface area contributed by atoms with Gasteiger partial charge >= 0.3 is 12.1 Å². The molecule has 2 saturated heterocycles. The number of amides is 2. The van der Waals surface area contributed by atoms with Gasteiger partial charge in [0.25, 0.3) is 0 Å². The molecule has 3 aromatic heterocycles. The van der Waals surface area contributed by atoms with Crippen LogP contribution in [0.4, 0.5) is 10.6 Å². The Hall–Kier alpha value is -4.94. The van der Waals surface area contributed by atoms with Gasteiger partial charge in [0.1, 0.15) is 17.9 Å². The second-order valence-electron chi connectivity index (χ2n) is 15.2.